The zero-order chi connectivity index (χ0) is 13.0. The van der Waals surface area contributed by atoms with Crippen LogP contribution in [-0.2, 0) is 4.79 Å². The second-order valence-electron chi connectivity index (χ2n) is 6.14. The summed E-state index contributed by atoms with van der Waals surface area (Å²) < 4.78 is 0. The van der Waals surface area contributed by atoms with Crippen LogP contribution >= 0.6 is 0 Å². The minimum absolute atomic E-state index is 0.00447. The van der Waals surface area contributed by atoms with Crippen molar-refractivity contribution in [2.24, 2.45) is 11.7 Å². The summed E-state index contributed by atoms with van der Waals surface area (Å²) in [7, 11) is 0. The molecule has 104 valence electrons. The van der Waals surface area contributed by atoms with Gasteiger partial charge in [0.25, 0.3) is 0 Å². The fraction of sp³-hybridized carbons (Fsp3) is 0.929. The van der Waals surface area contributed by atoms with Gasteiger partial charge in [-0.25, -0.2) is 0 Å². The van der Waals surface area contributed by atoms with Gasteiger partial charge in [-0.1, -0.05) is 12.8 Å². The fourth-order valence-electron chi connectivity index (χ4n) is 3.26. The van der Waals surface area contributed by atoms with Gasteiger partial charge in [-0.3, -0.25) is 4.79 Å². The van der Waals surface area contributed by atoms with Gasteiger partial charge in [-0.2, -0.15) is 0 Å². The molecule has 0 spiro atoms. The summed E-state index contributed by atoms with van der Waals surface area (Å²) in [5, 5.41) is 3.07. The average Bonchev–Trinajstić information content (AvgIpc) is 2.81. The van der Waals surface area contributed by atoms with Gasteiger partial charge in [-0.15, -0.1) is 0 Å². The molecule has 0 bridgehead atoms. The lowest BCUT2D eigenvalue weighted by molar-refractivity contribution is -0.128. The number of nitrogens with two attached hydrogens (primary N) is 1. The van der Waals surface area contributed by atoms with E-state index in [1.807, 2.05) is 6.92 Å². The number of carbonyl (C=O) groups is 1. The monoisotopic (exact) mass is 253 g/mol. The summed E-state index contributed by atoms with van der Waals surface area (Å²) in [6.07, 6.45) is 6.82. The molecular weight excluding hydrogens is 226 g/mol. The van der Waals surface area contributed by atoms with E-state index in [1.54, 1.807) is 0 Å². The zero-order valence-electron chi connectivity index (χ0n) is 11.6. The van der Waals surface area contributed by atoms with Crippen molar-refractivity contribution >= 4 is 5.91 Å². The molecule has 1 aliphatic carbocycles. The third kappa shape index (κ3) is 3.45. The molecule has 2 rings (SSSR count). The summed E-state index contributed by atoms with van der Waals surface area (Å²) >= 11 is 0. The van der Waals surface area contributed by atoms with E-state index in [0.717, 1.165) is 38.8 Å². The molecule has 2 unspecified atom stereocenters. The molecule has 3 N–H and O–H groups in total. The largest absolute Gasteiger partial charge is 0.355 e. The van der Waals surface area contributed by atoms with E-state index < -0.39 is 0 Å². The summed E-state index contributed by atoms with van der Waals surface area (Å²) in [4.78, 5) is 14.6. The standard InChI is InChI=1S/C14H27N3O/c1-14(15)7-3-2-6-12(14)13(18)16-8-11-17-9-4-5-10-17/h12H,2-11,15H2,1H3,(H,16,18). The Bertz CT molecular complexity index is 285. The molecule has 0 radical (unpaired) electrons. The molecule has 0 aromatic carbocycles. The summed E-state index contributed by atoms with van der Waals surface area (Å²) in [6.45, 7) is 6.16. The minimum atomic E-state index is -0.310. The molecule has 18 heavy (non-hydrogen) atoms. The van der Waals surface area contributed by atoms with E-state index in [4.69, 9.17) is 5.73 Å². The number of carbonyl (C=O) groups excluding carboxylic acids is 1. The first kappa shape index (κ1) is 13.8. The van der Waals surface area contributed by atoms with Crippen LogP contribution in [0.25, 0.3) is 0 Å². The van der Waals surface area contributed by atoms with Crippen LogP contribution in [0.4, 0.5) is 0 Å². The van der Waals surface area contributed by atoms with Crippen molar-refractivity contribution in [2.45, 2.75) is 51.0 Å². The Morgan fingerprint density at radius 1 is 1.33 bits per heavy atom. The lowest BCUT2D eigenvalue weighted by atomic mass is 9.74. The second kappa shape index (κ2) is 6.02. The van der Waals surface area contributed by atoms with Crippen LogP contribution in [0.15, 0.2) is 0 Å². The van der Waals surface area contributed by atoms with Crippen LogP contribution in [-0.4, -0.2) is 42.5 Å². The first-order chi connectivity index (χ1) is 8.59. The van der Waals surface area contributed by atoms with E-state index in [1.165, 1.54) is 25.9 Å². The number of nitrogens with one attached hydrogen (secondary N) is 1. The maximum absolute atomic E-state index is 12.2. The minimum Gasteiger partial charge on any atom is -0.355 e. The van der Waals surface area contributed by atoms with Gasteiger partial charge in [0, 0.05) is 18.6 Å². The Balaban J connectivity index is 1.73. The Hall–Kier alpha value is -0.610. The molecule has 0 aromatic heterocycles. The normalized spacial score (nSPS) is 33.6. The Morgan fingerprint density at radius 3 is 2.72 bits per heavy atom. The number of hydrogen-bond acceptors (Lipinski definition) is 3. The molecule has 1 aliphatic heterocycles. The number of nitrogens with zero attached hydrogens (tertiary/aromatic N) is 1. The van der Waals surface area contributed by atoms with Crippen molar-refractivity contribution in [3.8, 4) is 0 Å². The highest BCUT2D eigenvalue weighted by Gasteiger charge is 2.37. The first-order valence-electron chi connectivity index (χ1n) is 7.38. The van der Waals surface area contributed by atoms with Crippen LogP contribution < -0.4 is 11.1 Å². The van der Waals surface area contributed by atoms with Crippen LogP contribution in [0.1, 0.15) is 45.4 Å². The van der Waals surface area contributed by atoms with Gasteiger partial charge in [-0.05, 0) is 45.7 Å². The molecule has 4 nitrogen and oxygen atoms in total. The number of rotatable bonds is 4. The fourth-order valence-corrected chi connectivity index (χ4v) is 3.26. The lowest BCUT2D eigenvalue weighted by Gasteiger charge is -2.37. The van der Waals surface area contributed by atoms with Crippen molar-refractivity contribution in [2.75, 3.05) is 26.2 Å². The highest BCUT2D eigenvalue weighted by atomic mass is 16.1. The Kier molecular flexibility index (Phi) is 4.62. The molecule has 2 fully saturated rings. The molecule has 1 saturated carbocycles. The molecule has 1 saturated heterocycles. The Morgan fingerprint density at radius 2 is 2.06 bits per heavy atom. The highest BCUT2D eigenvalue weighted by molar-refractivity contribution is 5.80. The first-order valence-corrected chi connectivity index (χ1v) is 7.38. The molecule has 0 aromatic rings. The quantitative estimate of drug-likeness (QED) is 0.789. The third-order valence-electron chi connectivity index (χ3n) is 4.50. The Labute approximate surface area is 110 Å². The van der Waals surface area contributed by atoms with Crippen molar-refractivity contribution < 1.29 is 4.79 Å². The van der Waals surface area contributed by atoms with Gasteiger partial charge in [0.2, 0.25) is 5.91 Å². The number of hydrogen-bond donors (Lipinski definition) is 2. The summed E-state index contributed by atoms with van der Waals surface area (Å²) in [5.41, 5.74) is 5.94. The van der Waals surface area contributed by atoms with Crippen molar-refractivity contribution in [3.63, 3.8) is 0 Å². The van der Waals surface area contributed by atoms with Gasteiger partial charge in [0.15, 0.2) is 0 Å². The predicted molar refractivity (Wildman–Crippen MR) is 73.2 cm³/mol. The van der Waals surface area contributed by atoms with Crippen molar-refractivity contribution in [3.05, 3.63) is 0 Å². The maximum Gasteiger partial charge on any atom is 0.225 e. The van der Waals surface area contributed by atoms with Crippen LogP contribution in [0, 0.1) is 5.92 Å². The molecule has 2 atom stereocenters. The maximum atomic E-state index is 12.2. The van der Waals surface area contributed by atoms with E-state index >= 15 is 0 Å². The highest BCUT2D eigenvalue weighted by Crippen LogP contribution is 2.31. The van der Waals surface area contributed by atoms with E-state index in [9.17, 15) is 4.79 Å². The van der Waals surface area contributed by atoms with E-state index in [2.05, 4.69) is 10.2 Å². The predicted octanol–water partition coefficient (Wildman–Crippen LogP) is 1.11. The lowest BCUT2D eigenvalue weighted by Crippen LogP contribution is -2.53. The van der Waals surface area contributed by atoms with Gasteiger partial charge >= 0.3 is 0 Å². The van der Waals surface area contributed by atoms with Crippen molar-refractivity contribution in [1.82, 2.24) is 10.2 Å². The smallest absolute Gasteiger partial charge is 0.225 e. The molecule has 1 heterocycles. The second-order valence-corrected chi connectivity index (χ2v) is 6.14. The van der Waals surface area contributed by atoms with E-state index in [0.29, 0.717) is 0 Å². The molecular formula is C14H27N3O. The average molecular weight is 253 g/mol. The zero-order valence-corrected chi connectivity index (χ0v) is 11.6. The SMILES string of the molecule is CC1(N)CCCCC1C(=O)NCCN1CCCC1. The van der Waals surface area contributed by atoms with Crippen LogP contribution in [0.5, 0.6) is 0 Å². The van der Waals surface area contributed by atoms with Gasteiger partial charge < -0.3 is 16.0 Å². The number of likely N-dealkylation sites (tertiary alicyclic amines) is 1. The van der Waals surface area contributed by atoms with E-state index in [-0.39, 0.29) is 17.4 Å². The van der Waals surface area contributed by atoms with Gasteiger partial charge in [0.1, 0.15) is 0 Å². The van der Waals surface area contributed by atoms with Gasteiger partial charge in [0.05, 0.1) is 5.92 Å². The van der Waals surface area contributed by atoms with Crippen molar-refractivity contribution in [1.29, 1.82) is 0 Å². The topological polar surface area (TPSA) is 58.4 Å². The summed E-state index contributed by atoms with van der Waals surface area (Å²) in [6, 6.07) is 0. The molecule has 2 aliphatic rings. The van der Waals surface area contributed by atoms with Crippen LogP contribution in [0.3, 0.4) is 0 Å². The number of amides is 1. The molecule has 4 heteroatoms. The van der Waals surface area contributed by atoms with Crippen LogP contribution in [0.2, 0.25) is 0 Å². The third-order valence-corrected chi connectivity index (χ3v) is 4.50. The summed E-state index contributed by atoms with van der Waals surface area (Å²) in [5.74, 6) is 0.170. The molecule has 1 amide bonds.